The molecular formula is C34H25NOS4. The lowest BCUT2D eigenvalue weighted by molar-refractivity contribution is 0.585. The van der Waals surface area contributed by atoms with Gasteiger partial charge in [0.15, 0.2) is 0 Å². The van der Waals surface area contributed by atoms with E-state index < -0.39 is 0 Å². The maximum atomic E-state index is 6.68. The zero-order valence-corrected chi connectivity index (χ0v) is 25.1. The van der Waals surface area contributed by atoms with Gasteiger partial charge in [-0.15, -0.1) is 45.3 Å². The molecule has 0 aliphatic heterocycles. The number of hydrogen-bond donors (Lipinski definition) is 0. The molecule has 8 rings (SSSR count). The van der Waals surface area contributed by atoms with Gasteiger partial charge in [0.25, 0.3) is 0 Å². The van der Waals surface area contributed by atoms with Crippen molar-refractivity contribution < 1.29 is 4.42 Å². The van der Waals surface area contributed by atoms with Crippen molar-refractivity contribution in [3.05, 3.63) is 95.7 Å². The van der Waals surface area contributed by atoms with Gasteiger partial charge in [-0.1, -0.05) is 43.7 Å². The molecule has 6 aromatic heterocycles. The minimum absolute atomic E-state index is 0.951. The largest absolute Gasteiger partial charge is 0.439 e. The van der Waals surface area contributed by atoms with Crippen LogP contribution in [0.1, 0.15) is 19.8 Å². The normalized spacial score (nSPS) is 11.9. The third kappa shape index (κ3) is 4.01. The Labute approximate surface area is 248 Å². The van der Waals surface area contributed by atoms with E-state index in [0.29, 0.717) is 0 Å². The first kappa shape index (κ1) is 24.4. The van der Waals surface area contributed by atoms with Gasteiger partial charge < -0.3 is 8.98 Å². The quantitative estimate of drug-likeness (QED) is 0.180. The molecular weight excluding hydrogens is 567 g/mol. The van der Waals surface area contributed by atoms with Crippen LogP contribution >= 0.6 is 45.3 Å². The van der Waals surface area contributed by atoms with Crippen LogP contribution in [0.25, 0.3) is 73.4 Å². The van der Waals surface area contributed by atoms with E-state index in [-0.39, 0.29) is 0 Å². The molecule has 0 aliphatic rings. The molecule has 0 N–H and O–H groups in total. The zero-order chi connectivity index (χ0) is 26.6. The summed E-state index contributed by atoms with van der Waals surface area (Å²) in [4.78, 5) is 7.87. The second-order valence-corrected chi connectivity index (χ2v) is 14.1. The summed E-state index contributed by atoms with van der Waals surface area (Å²) in [6.07, 6.45) is 2.26. The van der Waals surface area contributed by atoms with E-state index in [1.54, 1.807) is 22.7 Å². The van der Waals surface area contributed by atoms with Gasteiger partial charge in [-0.3, -0.25) is 0 Å². The van der Waals surface area contributed by atoms with E-state index in [1.807, 2.05) is 22.7 Å². The summed E-state index contributed by atoms with van der Waals surface area (Å²) in [6, 6.07) is 31.3. The number of benzene rings is 2. The topological polar surface area (TPSA) is 18.1 Å². The fourth-order valence-corrected chi connectivity index (χ4v) is 9.22. The lowest BCUT2D eigenvalue weighted by atomic mass is 10.1. The number of aromatic nitrogens is 1. The first-order valence-corrected chi connectivity index (χ1v) is 16.9. The Hall–Kier alpha value is -3.42. The summed E-state index contributed by atoms with van der Waals surface area (Å²) in [5.74, 6) is 0. The molecule has 196 valence electrons. The number of unbranched alkanes of at least 4 members (excludes halogenated alkanes) is 1. The Morgan fingerprint density at radius 2 is 1.27 bits per heavy atom. The molecule has 0 aliphatic carbocycles. The van der Waals surface area contributed by atoms with E-state index in [9.17, 15) is 0 Å². The molecule has 0 amide bonds. The average Bonchev–Trinajstić information content (AvgIpc) is 3.81. The van der Waals surface area contributed by atoms with Gasteiger partial charge in [0.05, 0.1) is 10.9 Å². The number of fused-ring (bicyclic) bond motifs is 5. The Bertz CT molecular complexity index is 2100. The van der Waals surface area contributed by atoms with Crippen LogP contribution in [0.4, 0.5) is 0 Å². The van der Waals surface area contributed by atoms with Crippen molar-refractivity contribution in [2.45, 2.75) is 26.3 Å². The van der Waals surface area contributed by atoms with Crippen molar-refractivity contribution in [3.63, 3.8) is 0 Å². The summed E-state index contributed by atoms with van der Waals surface area (Å²) in [5.41, 5.74) is 5.69. The molecule has 0 unspecified atom stereocenters. The van der Waals surface area contributed by atoms with Gasteiger partial charge >= 0.3 is 0 Å². The molecule has 0 bridgehead atoms. The lowest BCUT2D eigenvalue weighted by Gasteiger charge is -2.06. The van der Waals surface area contributed by atoms with Crippen LogP contribution < -0.4 is 0 Å². The molecule has 2 nitrogen and oxygen atoms in total. The van der Waals surface area contributed by atoms with E-state index >= 15 is 0 Å². The number of aryl methyl sites for hydroxylation is 1. The molecule has 0 radical (unpaired) electrons. The molecule has 0 saturated carbocycles. The highest BCUT2D eigenvalue weighted by Gasteiger charge is 2.20. The second kappa shape index (κ2) is 9.89. The van der Waals surface area contributed by atoms with Crippen molar-refractivity contribution in [1.29, 1.82) is 0 Å². The van der Waals surface area contributed by atoms with E-state index in [4.69, 9.17) is 4.42 Å². The van der Waals surface area contributed by atoms with Gasteiger partial charge in [-0.05, 0) is 82.9 Å². The Morgan fingerprint density at radius 1 is 0.650 bits per heavy atom. The van der Waals surface area contributed by atoms with Crippen molar-refractivity contribution in [1.82, 2.24) is 4.57 Å². The molecule has 2 aromatic carbocycles. The van der Waals surface area contributed by atoms with Crippen LogP contribution in [0.15, 0.2) is 100 Å². The predicted molar refractivity (Wildman–Crippen MR) is 177 cm³/mol. The minimum atomic E-state index is 0.951. The molecule has 0 saturated heterocycles. The van der Waals surface area contributed by atoms with Crippen molar-refractivity contribution >= 4 is 78.3 Å². The van der Waals surface area contributed by atoms with Crippen LogP contribution in [-0.4, -0.2) is 4.57 Å². The third-order valence-electron chi connectivity index (χ3n) is 7.52. The standard InChI is InChI=1S/C34H25NOS4/c1-2-3-16-35-25-19-21(27-12-14-31(39-27)29-6-4-17-37-29)8-10-23(25)33-24-11-9-22(20-26(24)36-34(33)35)28-13-15-32(40-28)30-7-5-18-38-30/h4-15,17-20H,2-3,16H2,1H3. The summed E-state index contributed by atoms with van der Waals surface area (Å²) in [7, 11) is 0. The van der Waals surface area contributed by atoms with Crippen LogP contribution in [0.5, 0.6) is 0 Å². The summed E-state index contributed by atoms with van der Waals surface area (Å²) in [5, 5.41) is 7.98. The highest BCUT2D eigenvalue weighted by atomic mass is 32.1. The van der Waals surface area contributed by atoms with Crippen LogP contribution in [0, 0.1) is 0 Å². The molecule has 6 heteroatoms. The average molecular weight is 592 g/mol. The SMILES string of the molecule is CCCCn1c2cc(-c3ccc(-c4cccs4)s3)ccc2c2c3ccc(-c4ccc(-c5cccs5)s4)cc3oc21. The number of thiophene rings is 4. The Balaban J connectivity index is 1.24. The third-order valence-corrected chi connectivity index (χ3v) is 11.9. The lowest BCUT2D eigenvalue weighted by Crippen LogP contribution is -1.96. The van der Waals surface area contributed by atoms with E-state index in [1.165, 1.54) is 62.1 Å². The van der Waals surface area contributed by atoms with Crippen LogP contribution in [0.2, 0.25) is 0 Å². The Morgan fingerprint density at radius 3 is 1.90 bits per heavy atom. The molecule has 6 heterocycles. The minimum Gasteiger partial charge on any atom is -0.439 e. The van der Waals surface area contributed by atoms with Gasteiger partial charge in [-0.2, -0.15) is 0 Å². The predicted octanol–water partition coefficient (Wildman–Crippen LogP) is 12.3. The first-order valence-electron chi connectivity index (χ1n) is 13.5. The number of furan rings is 1. The van der Waals surface area contributed by atoms with Crippen LogP contribution in [0.3, 0.4) is 0 Å². The molecule has 40 heavy (non-hydrogen) atoms. The second-order valence-electron chi connectivity index (χ2n) is 10.0. The van der Waals surface area contributed by atoms with E-state index in [0.717, 1.165) is 30.7 Å². The van der Waals surface area contributed by atoms with Gasteiger partial charge in [0.2, 0.25) is 5.71 Å². The molecule has 0 fully saturated rings. The van der Waals surface area contributed by atoms with Gasteiger partial charge in [0, 0.05) is 46.6 Å². The molecule has 8 aromatic rings. The maximum Gasteiger partial charge on any atom is 0.209 e. The highest BCUT2D eigenvalue weighted by molar-refractivity contribution is 7.23. The summed E-state index contributed by atoms with van der Waals surface area (Å²) in [6.45, 7) is 3.20. The zero-order valence-electron chi connectivity index (χ0n) is 21.8. The fourth-order valence-electron chi connectivity index (χ4n) is 5.54. The first-order chi connectivity index (χ1) is 19.8. The summed E-state index contributed by atoms with van der Waals surface area (Å²) < 4.78 is 9.09. The van der Waals surface area contributed by atoms with Crippen molar-refractivity contribution in [2.24, 2.45) is 0 Å². The van der Waals surface area contributed by atoms with E-state index in [2.05, 4.69) is 107 Å². The smallest absolute Gasteiger partial charge is 0.209 e. The van der Waals surface area contributed by atoms with Gasteiger partial charge in [0.1, 0.15) is 5.58 Å². The summed E-state index contributed by atoms with van der Waals surface area (Å²) >= 11 is 7.30. The molecule has 0 atom stereocenters. The number of hydrogen-bond acceptors (Lipinski definition) is 5. The number of nitrogens with zero attached hydrogens (tertiary/aromatic N) is 1. The van der Waals surface area contributed by atoms with Gasteiger partial charge in [-0.25, -0.2) is 0 Å². The highest BCUT2D eigenvalue weighted by Crippen LogP contribution is 2.43. The maximum absolute atomic E-state index is 6.68. The monoisotopic (exact) mass is 591 g/mol. The Kier molecular flexibility index (Phi) is 6.03. The van der Waals surface area contributed by atoms with Crippen molar-refractivity contribution in [2.75, 3.05) is 0 Å². The number of rotatable bonds is 7. The fraction of sp³-hybridized carbons (Fsp3) is 0.118. The van der Waals surface area contributed by atoms with Crippen LogP contribution in [-0.2, 0) is 6.54 Å². The molecule has 0 spiro atoms. The van der Waals surface area contributed by atoms with Crippen molar-refractivity contribution in [3.8, 4) is 40.4 Å².